The maximum atomic E-state index is 14.7. The highest BCUT2D eigenvalue weighted by Crippen LogP contribution is 2.64. The van der Waals surface area contributed by atoms with Gasteiger partial charge in [0.05, 0.1) is 37.6 Å². The summed E-state index contributed by atoms with van der Waals surface area (Å²) in [5, 5.41) is 38.2. The highest BCUT2D eigenvalue weighted by molar-refractivity contribution is 7.99. The number of thioether (sulfide) groups is 1. The maximum absolute atomic E-state index is 14.7. The SMILES string of the molecule is COc1cc2c(cc1O)CCN[C@]21CS[C@@H]2c3c(OC(=O)OCCl)c(C)c4c(c3[C@@H](COC1=O)N1C2[C@@H]2c3c(cc(C)c(OC)c3O)C[C@H]([C@@H]1O)N2C)OCO4. The predicted molar refractivity (Wildman–Crippen MR) is 201 cm³/mol. The summed E-state index contributed by atoms with van der Waals surface area (Å²) in [4.78, 5) is 32.0. The number of piperazine rings is 1. The minimum atomic E-state index is -1.40. The van der Waals surface area contributed by atoms with Crippen LogP contribution in [0.25, 0.3) is 0 Å². The number of halogens is 1. The molecule has 4 bridgehead atoms. The Morgan fingerprint density at radius 3 is 2.59 bits per heavy atom. The van der Waals surface area contributed by atoms with Gasteiger partial charge < -0.3 is 48.5 Å². The molecule has 2 saturated heterocycles. The second kappa shape index (κ2) is 13.7. The fourth-order valence-corrected chi connectivity index (χ4v) is 11.8. The largest absolute Gasteiger partial charge is 0.515 e. The number of rotatable bonds is 4. The van der Waals surface area contributed by atoms with Gasteiger partial charge in [0.1, 0.15) is 18.6 Å². The first kappa shape index (κ1) is 37.3. The molecule has 7 aliphatic heterocycles. The third kappa shape index (κ3) is 5.19. The Morgan fingerprint density at radius 1 is 1.05 bits per heavy atom. The molecule has 7 heterocycles. The molecule has 3 aromatic carbocycles. The van der Waals surface area contributed by atoms with Crippen LogP contribution >= 0.6 is 23.4 Å². The van der Waals surface area contributed by atoms with Crippen molar-refractivity contribution in [1.29, 1.82) is 0 Å². The van der Waals surface area contributed by atoms with Gasteiger partial charge in [-0.1, -0.05) is 17.7 Å². The van der Waals surface area contributed by atoms with Crippen LogP contribution in [0.15, 0.2) is 18.2 Å². The molecule has 2 fully saturated rings. The Balaban J connectivity index is 1.32. The lowest BCUT2D eigenvalue weighted by Gasteiger charge is -2.62. The van der Waals surface area contributed by atoms with E-state index in [1.165, 1.54) is 26.0 Å². The van der Waals surface area contributed by atoms with Crippen molar-refractivity contribution < 1.29 is 58.1 Å². The number of carbonyl (C=O) groups is 2. The number of aromatic hydroxyl groups is 2. The summed E-state index contributed by atoms with van der Waals surface area (Å²) in [7, 11) is 4.90. The lowest BCUT2D eigenvalue weighted by atomic mass is 9.73. The topological polar surface area (TPSA) is 178 Å². The Morgan fingerprint density at radius 2 is 1.84 bits per heavy atom. The molecule has 0 aromatic heterocycles. The molecule has 4 N–H and O–H groups in total. The number of nitrogens with one attached hydrogen (secondary N) is 1. The summed E-state index contributed by atoms with van der Waals surface area (Å²) in [6, 6.07) is 2.41. The van der Waals surface area contributed by atoms with Gasteiger partial charge in [-0.15, -0.1) is 11.8 Å². The van der Waals surface area contributed by atoms with E-state index in [9.17, 15) is 24.9 Å². The van der Waals surface area contributed by atoms with Gasteiger partial charge in [0.2, 0.25) is 6.79 Å². The minimum absolute atomic E-state index is 0.00837. The van der Waals surface area contributed by atoms with Crippen LogP contribution in [0.4, 0.5) is 4.79 Å². The molecular formula is C39H42ClN3O12S. The summed E-state index contributed by atoms with van der Waals surface area (Å²) in [5.41, 5.74) is 3.88. The van der Waals surface area contributed by atoms with E-state index in [1.54, 1.807) is 19.1 Å². The van der Waals surface area contributed by atoms with E-state index < -0.39 is 59.4 Å². The fourth-order valence-electron chi connectivity index (χ4n) is 10.0. The Labute approximate surface area is 331 Å². The van der Waals surface area contributed by atoms with Crippen molar-refractivity contribution in [2.24, 2.45) is 0 Å². The lowest BCUT2D eigenvalue weighted by Crippen LogP contribution is -2.70. The first-order valence-corrected chi connectivity index (χ1v) is 19.9. The number of carbonyl (C=O) groups excluding carboxylic acids is 2. The number of hydrogen-bond donors (Lipinski definition) is 4. The Kier molecular flexibility index (Phi) is 9.09. The maximum Gasteiger partial charge on any atom is 0.515 e. The average molecular weight is 812 g/mol. The van der Waals surface area contributed by atoms with E-state index in [0.29, 0.717) is 64.5 Å². The van der Waals surface area contributed by atoms with Gasteiger partial charge in [-0.25, -0.2) is 9.59 Å². The summed E-state index contributed by atoms with van der Waals surface area (Å²) >= 11 is 7.23. The normalized spacial score (nSPS) is 28.7. The third-order valence-electron chi connectivity index (χ3n) is 12.4. The number of nitrogens with zero attached hydrogens (tertiary/aromatic N) is 2. The smallest absolute Gasteiger partial charge is 0.504 e. The minimum Gasteiger partial charge on any atom is -0.504 e. The number of benzene rings is 3. The number of likely N-dealkylation sites (N-methyl/N-ethyl adjacent to an activating group) is 1. The highest BCUT2D eigenvalue weighted by atomic mass is 35.5. The Hall–Kier alpha value is -4.32. The number of fused-ring (bicyclic) bond motifs is 9. The van der Waals surface area contributed by atoms with Gasteiger partial charge in [-0.3, -0.25) is 15.1 Å². The molecule has 7 aliphatic rings. The number of hydrogen-bond acceptors (Lipinski definition) is 16. The van der Waals surface area contributed by atoms with Gasteiger partial charge in [-0.05, 0) is 68.1 Å². The van der Waals surface area contributed by atoms with Crippen LogP contribution in [0.2, 0.25) is 0 Å². The molecule has 3 aromatic rings. The van der Waals surface area contributed by atoms with Gasteiger partial charge in [0.15, 0.2) is 46.1 Å². The van der Waals surface area contributed by atoms with Gasteiger partial charge in [-0.2, -0.15) is 0 Å². The van der Waals surface area contributed by atoms with E-state index in [-0.39, 0.29) is 42.2 Å². The van der Waals surface area contributed by atoms with Crippen LogP contribution in [0.1, 0.15) is 61.8 Å². The molecule has 0 aliphatic carbocycles. The van der Waals surface area contributed by atoms with E-state index in [0.717, 1.165) is 16.7 Å². The summed E-state index contributed by atoms with van der Waals surface area (Å²) in [6.07, 6.45) is -1.15. The van der Waals surface area contributed by atoms with Crippen LogP contribution in [0, 0.1) is 13.8 Å². The molecule has 7 atom stereocenters. The highest BCUT2D eigenvalue weighted by Gasteiger charge is 2.61. The van der Waals surface area contributed by atoms with Crippen molar-refractivity contribution in [2.45, 2.75) is 67.9 Å². The number of phenols is 2. The number of esters is 1. The third-order valence-corrected chi connectivity index (χ3v) is 14.0. The average Bonchev–Trinajstić information content (AvgIpc) is 3.67. The summed E-state index contributed by atoms with van der Waals surface area (Å²) in [6.45, 7) is 3.70. The molecule has 15 nitrogen and oxygen atoms in total. The number of aliphatic hydroxyl groups is 1. The molecular weight excluding hydrogens is 770 g/mol. The van der Waals surface area contributed by atoms with Crippen molar-refractivity contribution in [1.82, 2.24) is 15.1 Å². The summed E-state index contributed by atoms with van der Waals surface area (Å²) < 4.78 is 40.9. The predicted octanol–water partition coefficient (Wildman–Crippen LogP) is 4.20. The zero-order valence-corrected chi connectivity index (χ0v) is 32.9. The molecule has 0 saturated carbocycles. The molecule has 56 heavy (non-hydrogen) atoms. The molecule has 1 spiro atoms. The van der Waals surface area contributed by atoms with Crippen molar-refractivity contribution in [3.63, 3.8) is 0 Å². The van der Waals surface area contributed by atoms with Crippen molar-refractivity contribution >= 4 is 35.5 Å². The van der Waals surface area contributed by atoms with E-state index in [1.807, 2.05) is 24.9 Å². The quantitative estimate of drug-likeness (QED) is 0.167. The van der Waals surface area contributed by atoms with Crippen LogP contribution in [0.5, 0.6) is 40.2 Å². The number of ether oxygens (including phenoxy) is 7. The van der Waals surface area contributed by atoms with Gasteiger partial charge in [0, 0.05) is 40.6 Å². The Bertz CT molecular complexity index is 2170. The molecule has 0 radical (unpaired) electrons. The zero-order chi connectivity index (χ0) is 39.4. The van der Waals surface area contributed by atoms with E-state index in [4.69, 9.17) is 44.8 Å². The van der Waals surface area contributed by atoms with Crippen LogP contribution < -0.4 is 29.0 Å². The van der Waals surface area contributed by atoms with Gasteiger partial charge >= 0.3 is 12.1 Å². The number of aryl methyl sites for hydroxylation is 1. The number of alkyl halides is 1. The molecule has 10 rings (SSSR count). The van der Waals surface area contributed by atoms with Crippen molar-refractivity contribution in [3.8, 4) is 40.2 Å². The number of phenolic OH excluding ortho intramolecular Hbond substituents is 2. The first-order chi connectivity index (χ1) is 26.9. The van der Waals surface area contributed by atoms with Crippen LogP contribution in [-0.4, -0.2) is 109 Å². The lowest BCUT2D eigenvalue weighted by molar-refractivity contribution is -0.186. The molecule has 1 unspecified atom stereocenters. The molecule has 298 valence electrons. The van der Waals surface area contributed by atoms with E-state index in [2.05, 4.69) is 10.2 Å². The second-order valence-corrected chi connectivity index (χ2v) is 16.3. The van der Waals surface area contributed by atoms with Gasteiger partial charge in [0.25, 0.3) is 0 Å². The first-order valence-electron chi connectivity index (χ1n) is 18.3. The van der Waals surface area contributed by atoms with E-state index >= 15 is 0 Å². The molecule has 17 heteroatoms. The zero-order valence-electron chi connectivity index (χ0n) is 31.3. The fraction of sp³-hybridized carbons (Fsp3) is 0.487. The monoisotopic (exact) mass is 811 g/mol. The number of aliphatic hydroxyl groups excluding tert-OH is 1. The van der Waals surface area contributed by atoms with Crippen LogP contribution in [0.3, 0.4) is 0 Å². The summed E-state index contributed by atoms with van der Waals surface area (Å²) in [5.74, 6) is 1.00. The molecule has 0 amide bonds. The standard InChI is InChI=1S/C39H42ClN3O12S/c1-16-8-19-9-21-36(46)43-22-12-51-37(47)39(20-11-24(49-4)23(44)10-18(20)6-7-41-39)13-56-35(29(43)28(42(21)3)25(19)30(45)31(16)50-5)27-26(22)34-33(53-15-54-34)17(2)32(27)55-38(48)52-14-40/h8,10-11,21-22,28-29,35-36,41,44-46H,6-7,9,12-15H2,1-5H3/t21-,22-,28+,29?,35-,36+,39-/m1/s1. The van der Waals surface area contributed by atoms with Crippen LogP contribution in [-0.2, 0) is 32.6 Å². The second-order valence-electron chi connectivity index (χ2n) is 14.9. The van der Waals surface area contributed by atoms with Crippen molar-refractivity contribution in [2.75, 3.05) is 53.0 Å². The number of methoxy groups -OCH3 is 2. The van der Waals surface area contributed by atoms with Crippen molar-refractivity contribution in [3.05, 3.63) is 62.7 Å².